The summed E-state index contributed by atoms with van der Waals surface area (Å²) in [5.41, 5.74) is 6.95. The second kappa shape index (κ2) is 3.87. The number of fused-ring (bicyclic) bond motifs is 1. The summed E-state index contributed by atoms with van der Waals surface area (Å²) in [5.74, 6) is 0. The standard InChI is InChI=1S/C10H17N3S/c1-7(2)13-5-3-4-8-9(6-13)14-10(11)12-8/h7H,3-6H2,1-2H3,(H2,11,12). The summed E-state index contributed by atoms with van der Waals surface area (Å²) in [7, 11) is 0. The largest absolute Gasteiger partial charge is 0.375 e. The van der Waals surface area contributed by atoms with Gasteiger partial charge in [0.1, 0.15) is 0 Å². The van der Waals surface area contributed by atoms with E-state index < -0.39 is 0 Å². The number of rotatable bonds is 1. The maximum atomic E-state index is 5.72. The summed E-state index contributed by atoms with van der Waals surface area (Å²) in [5, 5.41) is 0.723. The fourth-order valence-electron chi connectivity index (χ4n) is 1.88. The van der Waals surface area contributed by atoms with E-state index in [4.69, 9.17) is 5.73 Å². The Balaban J connectivity index is 2.21. The fraction of sp³-hybridized carbons (Fsp3) is 0.700. The fourth-order valence-corrected chi connectivity index (χ4v) is 2.78. The van der Waals surface area contributed by atoms with Crippen LogP contribution in [0.2, 0.25) is 0 Å². The minimum absolute atomic E-state index is 0.615. The highest BCUT2D eigenvalue weighted by molar-refractivity contribution is 7.15. The zero-order valence-electron chi connectivity index (χ0n) is 8.79. The van der Waals surface area contributed by atoms with Gasteiger partial charge in [-0.2, -0.15) is 0 Å². The number of anilines is 1. The molecule has 0 bridgehead atoms. The highest BCUT2D eigenvalue weighted by Crippen LogP contribution is 2.26. The first-order valence-corrected chi connectivity index (χ1v) is 5.96. The topological polar surface area (TPSA) is 42.2 Å². The highest BCUT2D eigenvalue weighted by atomic mass is 32.1. The van der Waals surface area contributed by atoms with E-state index in [0.717, 1.165) is 18.1 Å². The molecule has 4 heteroatoms. The Kier molecular flexibility index (Phi) is 2.74. The number of hydrogen-bond donors (Lipinski definition) is 1. The molecule has 0 saturated heterocycles. The monoisotopic (exact) mass is 211 g/mol. The number of nitrogens with zero attached hydrogens (tertiary/aromatic N) is 2. The Labute approximate surface area is 88.9 Å². The van der Waals surface area contributed by atoms with Gasteiger partial charge >= 0.3 is 0 Å². The number of nitrogens with two attached hydrogens (primary N) is 1. The average Bonchev–Trinajstić information content (AvgIpc) is 2.32. The summed E-state index contributed by atoms with van der Waals surface area (Å²) >= 11 is 1.65. The quantitative estimate of drug-likeness (QED) is 0.771. The predicted molar refractivity (Wildman–Crippen MR) is 60.4 cm³/mol. The van der Waals surface area contributed by atoms with Gasteiger partial charge in [-0.05, 0) is 33.2 Å². The Morgan fingerprint density at radius 2 is 2.29 bits per heavy atom. The van der Waals surface area contributed by atoms with E-state index in [2.05, 4.69) is 23.7 Å². The zero-order valence-corrected chi connectivity index (χ0v) is 9.60. The minimum Gasteiger partial charge on any atom is -0.375 e. The van der Waals surface area contributed by atoms with Gasteiger partial charge in [0.25, 0.3) is 0 Å². The summed E-state index contributed by atoms with van der Waals surface area (Å²) in [6.07, 6.45) is 2.29. The van der Waals surface area contributed by atoms with Crippen molar-refractivity contribution in [2.24, 2.45) is 0 Å². The van der Waals surface area contributed by atoms with Gasteiger partial charge in [0, 0.05) is 17.5 Å². The molecule has 0 atom stereocenters. The molecule has 3 nitrogen and oxygen atoms in total. The minimum atomic E-state index is 0.615. The van der Waals surface area contributed by atoms with E-state index in [-0.39, 0.29) is 0 Å². The molecule has 1 aromatic rings. The van der Waals surface area contributed by atoms with Crippen molar-refractivity contribution in [3.05, 3.63) is 10.6 Å². The normalized spacial score (nSPS) is 18.2. The van der Waals surface area contributed by atoms with Crippen LogP contribution >= 0.6 is 11.3 Å². The summed E-state index contributed by atoms with van der Waals surface area (Å²) in [6, 6.07) is 0.615. The van der Waals surface area contributed by atoms with Crippen LogP contribution in [0.3, 0.4) is 0 Å². The number of thiazole rings is 1. The molecule has 0 unspecified atom stereocenters. The third-order valence-electron chi connectivity index (χ3n) is 2.73. The summed E-state index contributed by atoms with van der Waals surface area (Å²) in [4.78, 5) is 8.23. The molecular weight excluding hydrogens is 194 g/mol. The van der Waals surface area contributed by atoms with Gasteiger partial charge in [-0.3, -0.25) is 4.90 Å². The lowest BCUT2D eigenvalue weighted by molar-refractivity contribution is 0.218. The molecule has 1 aromatic heterocycles. The molecule has 1 aliphatic heterocycles. The van der Waals surface area contributed by atoms with Crippen LogP contribution in [0.15, 0.2) is 0 Å². The molecule has 0 amide bonds. The molecule has 78 valence electrons. The van der Waals surface area contributed by atoms with Gasteiger partial charge in [0.15, 0.2) is 5.13 Å². The van der Waals surface area contributed by atoms with E-state index >= 15 is 0 Å². The number of nitrogen functional groups attached to an aromatic ring is 1. The molecule has 2 N–H and O–H groups in total. The first kappa shape index (κ1) is 9.93. The molecule has 0 saturated carbocycles. The molecule has 2 heterocycles. The van der Waals surface area contributed by atoms with E-state index in [1.807, 2.05) is 0 Å². The van der Waals surface area contributed by atoms with E-state index in [1.165, 1.54) is 23.5 Å². The average molecular weight is 211 g/mol. The molecule has 1 aliphatic rings. The second-order valence-electron chi connectivity index (χ2n) is 4.09. The third kappa shape index (κ3) is 1.91. The highest BCUT2D eigenvalue weighted by Gasteiger charge is 2.19. The Morgan fingerprint density at radius 1 is 1.50 bits per heavy atom. The van der Waals surface area contributed by atoms with Crippen LogP contribution in [0.1, 0.15) is 30.8 Å². The maximum Gasteiger partial charge on any atom is 0.180 e. The first-order chi connectivity index (χ1) is 6.66. The van der Waals surface area contributed by atoms with Gasteiger partial charge < -0.3 is 5.73 Å². The lowest BCUT2D eigenvalue weighted by Gasteiger charge is -2.23. The molecular formula is C10H17N3S. The molecule has 0 spiro atoms. The van der Waals surface area contributed by atoms with Crippen molar-refractivity contribution in [1.29, 1.82) is 0 Å². The maximum absolute atomic E-state index is 5.72. The number of aryl methyl sites for hydroxylation is 1. The van der Waals surface area contributed by atoms with Gasteiger partial charge in [0.05, 0.1) is 5.69 Å². The van der Waals surface area contributed by atoms with Crippen LogP contribution in [0.4, 0.5) is 5.13 Å². The van der Waals surface area contributed by atoms with Crippen molar-refractivity contribution in [3.63, 3.8) is 0 Å². The van der Waals surface area contributed by atoms with Crippen LogP contribution in [-0.2, 0) is 13.0 Å². The first-order valence-electron chi connectivity index (χ1n) is 5.15. The lowest BCUT2D eigenvalue weighted by atomic mass is 10.2. The Morgan fingerprint density at radius 3 is 3.00 bits per heavy atom. The van der Waals surface area contributed by atoms with Crippen molar-refractivity contribution in [1.82, 2.24) is 9.88 Å². The second-order valence-corrected chi connectivity index (χ2v) is 5.20. The van der Waals surface area contributed by atoms with Crippen LogP contribution in [0.5, 0.6) is 0 Å². The van der Waals surface area contributed by atoms with E-state index in [1.54, 1.807) is 11.3 Å². The van der Waals surface area contributed by atoms with Crippen molar-refractivity contribution >= 4 is 16.5 Å². The van der Waals surface area contributed by atoms with Crippen LogP contribution < -0.4 is 5.73 Å². The van der Waals surface area contributed by atoms with Crippen molar-refractivity contribution in [2.75, 3.05) is 12.3 Å². The SMILES string of the molecule is CC(C)N1CCCc2nc(N)sc2C1. The van der Waals surface area contributed by atoms with Gasteiger partial charge in [0.2, 0.25) is 0 Å². The number of aromatic nitrogens is 1. The Hall–Kier alpha value is -0.610. The Bertz CT molecular complexity index is 319. The molecule has 0 aliphatic carbocycles. The molecule has 0 fully saturated rings. The van der Waals surface area contributed by atoms with E-state index in [0.29, 0.717) is 6.04 Å². The van der Waals surface area contributed by atoms with Gasteiger partial charge in [-0.15, -0.1) is 11.3 Å². The van der Waals surface area contributed by atoms with E-state index in [9.17, 15) is 0 Å². The van der Waals surface area contributed by atoms with Gasteiger partial charge in [-0.1, -0.05) is 0 Å². The smallest absolute Gasteiger partial charge is 0.180 e. The summed E-state index contributed by atoms with van der Waals surface area (Å²) in [6.45, 7) is 6.70. The zero-order chi connectivity index (χ0) is 10.1. The molecule has 2 rings (SSSR count). The third-order valence-corrected chi connectivity index (χ3v) is 3.64. The van der Waals surface area contributed by atoms with Crippen LogP contribution in [0, 0.1) is 0 Å². The van der Waals surface area contributed by atoms with Crippen molar-refractivity contribution in [3.8, 4) is 0 Å². The predicted octanol–water partition coefficient (Wildman–Crippen LogP) is 1.88. The number of hydrogen-bond acceptors (Lipinski definition) is 4. The van der Waals surface area contributed by atoms with Crippen molar-refractivity contribution < 1.29 is 0 Å². The summed E-state index contributed by atoms with van der Waals surface area (Å²) < 4.78 is 0. The lowest BCUT2D eigenvalue weighted by Crippen LogP contribution is -2.30. The molecule has 0 radical (unpaired) electrons. The van der Waals surface area contributed by atoms with Gasteiger partial charge in [-0.25, -0.2) is 4.98 Å². The molecule has 14 heavy (non-hydrogen) atoms. The molecule has 0 aromatic carbocycles. The van der Waals surface area contributed by atoms with Crippen LogP contribution in [0.25, 0.3) is 0 Å². The van der Waals surface area contributed by atoms with Crippen LogP contribution in [-0.4, -0.2) is 22.5 Å². The van der Waals surface area contributed by atoms with Crippen molar-refractivity contribution in [2.45, 2.75) is 39.3 Å².